The molecule has 0 N–H and O–H groups in total. The van der Waals surface area contributed by atoms with Gasteiger partial charge in [0.1, 0.15) is 11.5 Å². The molecule has 1 aromatic heterocycles. The number of ether oxygens (including phenoxy) is 1. The molecule has 1 aromatic carbocycles. The van der Waals surface area contributed by atoms with Crippen LogP contribution in [0.2, 0.25) is 0 Å². The molecule has 8 nitrogen and oxygen atoms in total. The third kappa shape index (κ3) is 5.22. The van der Waals surface area contributed by atoms with E-state index in [1.54, 1.807) is 17.0 Å². The first-order valence-corrected chi connectivity index (χ1v) is 9.87. The lowest BCUT2D eigenvalue weighted by atomic mass is 9.93. The predicted molar refractivity (Wildman–Crippen MR) is 106 cm³/mol. The predicted octanol–water partition coefficient (Wildman–Crippen LogP) is 3.59. The highest BCUT2D eigenvalue weighted by molar-refractivity contribution is 5.90. The molecular formula is C21H24FN3O5. The molecule has 0 spiro atoms. The Morgan fingerprint density at radius 1 is 1.23 bits per heavy atom. The van der Waals surface area contributed by atoms with Gasteiger partial charge in [0, 0.05) is 25.7 Å². The highest BCUT2D eigenvalue weighted by atomic mass is 19.1. The van der Waals surface area contributed by atoms with Gasteiger partial charge in [-0.3, -0.25) is 14.9 Å². The van der Waals surface area contributed by atoms with Crippen LogP contribution in [0.15, 0.2) is 36.5 Å². The number of amides is 1. The van der Waals surface area contributed by atoms with Crippen LogP contribution < -0.4 is 0 Å². The maximum absolute atomic E-state index is 13.2. The second-order valence-electron chi connectivity index (χ2n) is 7.47. The smallest absolute Gasteiger partial charge is 0.355 e. The van der Waals surface area contributed by atoms with Crippen LogP contribution in [0.3, 0.4) is 0 Å². The van der Waals surface area contributed by atoms with Crippen LogP contribution in [-0.2, 0) is 23.1 Å². The molecule has 1 heterocycles. The molecule has 0 bridgehead atoms. The molecule has 9 heteroatoms. The lowest BCUT2D eigenvalue weighted by Crippen LogP contribution is -2.43. The summed E-state index contributed by atoms with van der Waals surface area (Å²) in [6.07, 6.45) is 6.10. The number of halogens is 1. The Balaban J connectivity index is 1.68. The molecule has 0 aliphatic heterocycles. The van der Waals surface area contributed by atoms with E-state index in [1.165, 1.54) is 29.9 Å². The second kappa shape index (κ2) is 9.51. The molecule has 0 atom stereocenters. The summed E-state index contributed by atoms with van der Waals surface area (Å²) in [5.74, 6) is -1.49. The van der Waals surface area contributed by atoms with Gasteiger partial charge in [0.05, 0.1) is 11.1 Å². The summed E-state index contributed by atoms with van der Waals surface area (Å²) in [6, 6.07) is 7.11. The summed E-state index contributed by atoms with van der Waals surface area (Å²) in [6.45, 7) is -0.160. The minimum atomic E-state index is -0.802. The normalized spacial score (nSPS) is 14.3. The summed E-state index contributed by atoms with van der Waals surface area (Å²) in [5, 5.41) is 10.9. The molecule has 1 saturated carbocycles. The average molecular weight is 417 g/mol. The minimum Gasteiger partial charge on any atom is -0.451 e. The molecule has 2 aromatic rings. The fourth-order valence-corrected chi connectivity index (χ4v) is 3.73. The molecule has 1 aliphatic rings. The lowest BCUT2D eigenvalue weighted by molar-refractivity contribution is -0.384. The maximum atomic E-state index is 13.2. The molecule has 0 unspecified atom stereocenters. The Hall–Kier alpha value is -3.23. The molecule has 0 saturated heterocycles. The zero-order valence-electron chi connectivity index (χ0n) is 16.8. The number of carbonyl (C=O) groups excluding carboxylic acids is 2. The van der Waals surface area contributed by atoms with Gasteiger partial charge in [0.25, 0.3) is 11.6 Å². The van der Waals surface area contributed by atoms with Crippen LogP contribution >= 0.6 is 0 Å². The molecular weight excluding hydrogens is 393 g/mol. The highest BCUT2D eigenvalue weighted by Crippen LogP contribution is 2.25. The first-order valence-electron chi connectivity index (χ1n) is 9.87. The quantitative estimate of drug-likeness (QED) is 0.390. The van der Waals surface area contributed by atoms with Crippen molar-refractivity contribution in [1.29, 1.82) is 0 Å². The van der Waals surface area contributed by atoms with Gasteiger partial charge in [-0.25, -0.2) is 9.18 Å². The van der Waals surface area contributed by atoms with Crippen molar-refractivity contribution in [3.05, 3.63) is 63.7 Å². The van der Waals surface area contributed by atoms with Gasteiger partial charge in [-0.05, 0) is 30.5 Å². The van der Waals surface area contributed by atoms with Gasteiger partial charge >= 0.3 is 5.97 Å². The van der Waals surface area contributed by atoms with Gasteiger partial charge in [-0.1, -0.05) is 31.4 Å². The van der Waals surface area contributed by atoms with E-state index in [2.05, 4.69) is 0 Å². The van der Waals surface area contributed by atoms with Crippen LogP contribution in [-0.4, -0.2) is 38.9 Å². The Morgan fingerprint density at radius 2 is 1.90 bits per heavy atom. The third-order valence-electron chi connectivity index (χ3n) is 5.34. The van der Waals surface area contributed by atoms with Crippen molar-refractivity contribution >= 4 is 17.6 Å². The number of aryl methyl sites for hydroxylation is 1. The van der Waals surface area contributed by atoms with Crippen LogP contribution in [0.1, 0.15) is 48.2 Å². The van der Waals surface area contributed by atoms with E-state index >= 15 is 0 Å². The Kier molecular flexibility index (Phi) is 6.81. The molecule has 160 valence electrons. The number of nitrogens with zero attached hydrogens (tertiary/aromatic N) is 3. The molecule has 0 radical (unpaired) electrons. The Labute approximate surface area is 173 Å². The first kappa shape index (κ1) is 21.5. The molecule has 1 amide bonds. The van der Waals surface area contributed by atoms with Crippen molar-refractivity contribution < 1.29 is 23.6 Å². The van der Waals surface area contributed by atoms with Gasteiger partial charge in [0.2, 0.25) is 0 Å². The Bertz CT molecular complexity index is 919. The summed E-state index contributed by atoms with van der Waals surface area (Å²) in [4.78, 5) is 37.2. The number of nitro groups is 1. The van der Waals surface area contributed by atoms with Crippen molar-refractivity contribution in [2.45, 2.75) is 44.7 Å². The fraction of sp³-hybridized carbons (Fsp3) is 0.429. The van der Waals surface area contributed by atoms with E-state index < -0.39 is 17.5 Å². The van der Waals surface area contributed by atoms with Gasteiger partial charge in [0.15, 0.2) is 6.61 Å². The monoisotopic (exact) mass is 417 g/mol. The SMILES string of the molecule is Cn1cc([N+](=O)[O-])cc1C(=O)OCC(=O)N(Cc1ccc(F)cc1)C1CCCCC1. The fourth-order valence-electron chi connectivity index (χ4n) is 3.73. The van der Waals surface area contributed by atoms with Crippen molar-refractivity contribution in [2.75, 3.05) is 6.61 Å². The molecule has 1 aliphatic carbocycles. The van der Waals surface area contributed by atoms with Gasteiger partial charge < -0.3 is 14.2 Å². The number of carbonyl (C=O) groups is 2. The molecule has 3 rings (SSSR count). The van der Waals surface area contributed by atoms with Crippen molar-refractivity contribution in [1.82, 2.24) is 9.47 Å². The zero-order valence-corrected chi connectivity index (χ0v) is 16.8. The minimum absolute atomic E-state index is 0.00255. The van der Waals surface area contributed by atoms with E-state index in [4.69, 9.17) is 4.74 Å². The first-order chi connectivity index (χ1) is 14.3. The van der Waals surface area contributed by atoms with Crippen LogP contribution in [0.5, 0.6) is 0 Å². The lowest BCUT2D eigenvalue weighted by Gasteiger charge is -2.34. The summed E-state index contributed by atoms with van der Waals surface area (Å²) in [7, 11) is 1.49. The van der Waals surface area contributed by atoms with E-state index in [1.807, 2.05) is 0 Å². The van der Waals surface area contributed by atoms with E-state index in [0.29, 0.717) is 6.54 Å². The second-order valence-corrected chi connectivity index (χ2v) is 7.47. The van der Waals surface area contributed by atoms with Crippen molar-refractivity contribution in [3.8, 4) is 0 Å². The number of hydrogen-bond donors (Lipinski definition) is 0. The standard InChI is InChI=1S/C21H24FN3O5/c1-23-13-18(25(28)29)11-19(23)21(27)30-14-20(26)24(17-5-3-2-4-6-17)12-15-7-9-16(22)10-8-15/h7-11,13,17H,2-6,12,14H2,1H3. The number of aromatic nitrogens is 1. The summed E-state index contributed by atoms with van der Waals surface area (Å²) >= 11 is 0. The van der Waals surface area contributed by atoms with E-state index in [0.717, 1.165) is 43.7 Å². The van der Waals surface area contributed by atoms with Gasteiger partial charge in [-0.15, -0.1) is 0 Å². The molecule has 1 fully saturated rings. The summed E-state index contributed by atoms with van der Waals surface area (Å²) < 4.78 is 19.7. The number of hydrogen-bond acceptors (Lipinski definition) is 5. The summed E-state index contributed by atoms with van der Waals surface area (Å²) in [5.41, 5.74) is 0.563. The van der Waals surface area contributed by atoms with Crippen LogP contribution in [0, 0.1) is 15.9 Å². The topological polar surface area (TPSA) is 94.7 Å². The number of esters is 1. The number of benzene rings is 1. The van der Waals surface area contributed by atoms with Crippen molar-refractivity contribution in [3.63, 3.8) is 0 Å². The average Bonchev–Trinajstić information content (AvgIpc) is 3.14. The Morgan fingerprint density at radius 3 is 2.50 bits per heavy atom. The maximum Gasteiger partial charge on any atom is 0.355 e. The largest absolute Gasteiger partial charge is 0.451 e. The number of rotatable bonds is 7. The third-order valence-corrected chi connectivity index (χ3v) is 5.34. The molecule has 30 heavy (non-hydrogen) atoms. The van der Waals surface area contributed by atoms with Gasteiger partial charge in [-0.2, -0.15) is 0 Å². The van der Waals surface area contributed by atoms with Crippen LogP contribution in [0.25, 0.3) is 0 Å². The van der Waals surface area contributed by atoms with Crippen LogP contribution in [0.4, 0.5) is 10.1 Å². The zero-order chi connectivity index (χ0) is 21.7. The van der Waals surface area contributed by atoms with E-state index in [-0.39, 0.29) is 29.1 Å². The van der Waals surface area contributed by atoms with Crippen molar-refractivity contribution in [2.24, 2.45) is 7.05 Å². The highest BCUT2D eigenvalue weighted by Gasteiger charge is 2.27. The van der Waals surface area contributed by atoms with E-state index in [9.17, 15) is 24.1 Å².